The number of ether oxygens (including phenoxy) is 3. The summed E-state index contributed by atoms with van der Waals surface area (Å²) in [4.78, 5) is 15.4. The molecule has 0 N–H and O–H groups in total. The molecule has 0 radical (unpaired) electrons. The molecule has 28 heavy (non-hydrogen) atoms. The van der Waals surface area contributed by atoms with Crippen LogP contribution in [0.15, 0.2) is 59.2 Å². The smallest absolute Gasteiger partial charge is 0.330 e. The maximum Gasteiger partial charge on any atom is 0.330 e. The normalized spacial score (nSPS) is 10.8. The molecule has 3 rings (SSSR count). The van der Waals surface area contributed by atoms with Crippen LogP contribution in [0.4, 0.5) is 4.39 Å². The van der Waals surface area contributed by atoms with Gasteiger partial charge in [0.15, 0.2) is 23.9 Å². The van der Waals surface area contributed by atoms with Gasteiger partial charge in [-0.15, -0.1) is 0 Å². The number of oxazole rings is 1. The van der Waals surface area contributed by atoms with Gasteiger partial charge in [0.05, 0.1) is 20.4 Å². The third kappa shape index (κ3) is 4.76. The Morgan fingerprint density at radius 3 is 2.64 bits per heavy atom. The van der Waals surface area contributed by atoms with Crippen molar-refractivity contribution in [2.75, 3.05) is 14.2 Å². The topological polar surface area (TPSA) is 70.8 Å². The van der Waals surface area contributed by atoms with Gasteiger partial charge in [-0.25, -0.2) is 14.2 Å². The Morgan fingerprint density at radius 1 is 1.14 bits per heavy atom. The van der Waals surface area contributed by atoms with Crippen LogP contribution >= 0.6 is 0 Å². The standard InChI is InChI=1S/C21H18FNO5/c1-25-18-11-14(4-10-21(24)26-2)3-9-17(18)27-13-20-23-12-19(28-20)15-5-7-16(22)8-6-15/h3-12H,13H2,1-2H3/b10-4+. The van der Waals surface area contributed by atoms with Crippen LogP contribution in [0.1, 0.15) is 11.5 Å². The lowest BCUT2D eigenvalue weighted by Crippen LogP contribution is -1.98. The van der Waals surface area contributed by atoms with Gasteiger partial charge >= 0.3 is 5.97 Å². The van der Waals surface area contributed by atoms with Gasteiger partial charge < -0.3 is 18.6 Å². The van der Waals surface area contributed by atoms with E-state index < -0.39 is 5.97 Å². The number of benzene rings is 2. The number of hydrogen-bond donors (Lipinski definition) is 0. The lowest BCUT2D eigenvalue weighted by molar-refractivity contribution is -0.134. The molecule has 6 nitrogen and oxygen atoms in total. The summed E-state index contributed by atoms with van der Waals surface area (Å²) >= 11 is 0. The highest BCUT2D eigenvalue weighted by Gasteiger charge is 2.10. The fraction of sp³-hybridized carbons (Fsp3) is 0.143. The largest absolute Gasteiger partial charge is 0.493 e. The highest BCUT2D eigenvalue weighted by Crippen LogP contribution is 2.29. The van der Waals surface area contributed by atoms with Gasteiger partial charge in [0.2, 0.25) is 5.89 Å². The van der Waals surface area contributed by atoms with Crippen molar-refractivity contribution in [1.29, 1.82) is 0 Å². The maximum absolute atomic E-state index is 13.0. The van der Waals surface area contributed by atoms with Crippen molar-refractivity contribution in [3.8, 4) is 22.8 Å². The summed E-state index contributed by atoms with van der Waals surface area (Å²) < 4.78 is 34.3. The number of nitrogens with zero attached hydrogens (tertiary/aromatic N) is 1. The molecule has 0 spiro atoms. The van der Waals surface area contributed by atoms with Crippen LogP contribution < -0.4 is 9.47 Å². The average molecular weight is 383 g/mol. The quantitative estimate of drug-likeness (QED) is 0.449. The molecule has 0 fully saturated rings. The number of carbonyl (C=O) groups is 1. The van der Waals surface area contributed by atoms with Crippen molar-refractivity contribution in [2.45, 2.75) is 6.61 Å². The van der Waals surface area contributed by atoms with E-state index in [-0.39, 0.29) is 12.4 Å². The number of aromatic nitrogens is 1. The fourth-order valence-corrected chi connectivity index (χ4v) is 2.40. The SMILES string of the molecule is COC(=O)/C=C/c1ccc(OCc2ncc(-c3ccc(F)cc3)o2)c(OC)c1. The molecule has 0 bridgehead atoms. The first kappa shape index (κ1) is 19.2. The first-order valence-electron chi connectivity index (χ1n) is 8.36. The van der Waals surface area contributed by atoms with Crippen molar-refractivity contribution in [3.05, 3.63) is 72.0 Å². The average Bonchev–Trinajstić information content (AvgIpc) is 3.20. The van der Waals surface area contributed by atoms with Crippen LogP contribution in [-0.4, -0.2) is 25.2 Å². The van der Waals surface area contributed by atoms with E-state index in [1.165, 1.54) is 32.4 Å². The fourth-order valence-electron chi connectivity index (χ4n) is 2.40. The molecular weight excluding hydrogens is 365 g/mol. The molecule has 0 unspecified atom stereocenters. The van der Waals surface area contributed by atoms with E-state index in [9.17, 15) is 9.18 Å². The summed E-state index contributed by atoms with van der Waals surface area (Å²) in [5.74, 6) is 1.13. The van der Waals surface area contributed by atoms with Gasteiger partial charge in [0.25, 0.3) is 0 Å². The first-order valence-corrected chi connectivity index (χ1v) is 8.36. The molecule has 0 atom stereocenters. The molecule has 0 saturated carbocycles. The Kier molecular flexibility index (Phi) is 6.06. The summed E-state index contributed by atoms with van der Waals surface area (Å²) in [5.41, 5.74) is 1.48. The number of esters is 1. The van der Waals surface area contributed by atoms with Gasteiger partial charge in [0, 0.05) is 11.6 Å². The number of carbonyl (C=O) groups excluding carboxylic acids is 1. The van der Waals surface area contributed by atoms with Gasteiger partial charge in [-0.2, -0.15) is 0 Å². The van der Waals surface area contributed by atoms with E-state index in [4.69, 9.17) is 13.9 Å². The maximum atomic E-state index is 13.0. The third-order valence-corrected chi connectivity index (χ3v) is 3.83. The van der Waals surface area contributed by atoms with Crippen LogP contribution in [0.2, 0.25) is 0 Å². The summed E-state index contributed by atoms with van der Waals surface area (Å²) in [5, 5.41) is 0. The molecule has 0 aliphatic carbocycles. The van der Waals surface area contributed by atoms with E-state index in [1.807, 2.05) is 0 Å². The summed E-state index contributed by atoms with van der Waals surface area (Å²) in [6.45, 7) is 0.0922. The molecule has 2 aromatic carbocycles. The van der Waals surface area contributed by atoms with Gasteiger partial charge in [-0.3, -0.25) is 0 Å². The van der Waals surface area contributed by atoms with E-state index >= 15 is 0 Å². The van der Waals surface area contributed by atoms with Crippen molar-refractivity contribution < 1.29 is 27.8 Å². The van der Waals surface area contributed by atoms with Gasteiger partial charge in [-0.05, 0) is 48.0 Å². The minimum absolute atomic E-state index is 0.0922. The lowest BCUT2D eigenvalue weighted by atomic mass is 10.2. The van der Waals surface area contributed by atoms with Crippen LogP contribution in [0, 0.1) is 5.82 Å². The van der Waals surface area contributed by atoms with E-state index in [0.717, 1.165) is 11.1 Å². The Balaban J connectivity index is 1.68. The van der Waals surface area contributed by atoms with Crippen molar-refractivity contribution in [3.63, 3.8) is 0 Å². The van der Waals surface area contributed by atoms with Crippen LogP contribution in [0.3, 0.4) is 0 Å². The van der Waals surface area contributed by atoms with Crippen LogP contribution in [0.25, 0.3) is 17.4 Å². The van der Waals surface area contributed by atoms with Crippen molar-refractivity contribution in [2.24, 2.45) is 0 Å². The Labute approximate surface area is 161 Å². The second kappa shape index (κ2) is 8.85. The molecule has 7 heteroatoms. The summed E-state index contributed by atoms with van der Waals surface area (Å²) in [6.07, 6.45) is 4.49. The third-order valence-electron chi connectivity index (χ3n) is 3.83. The van der Waals surface area contributed by atoms with Gasteiger partial charge in [-0.1, -0.05) is 6.07 Å². The Bertz CT molecular complexity index is 979. The number of halogens is 1. The highest BCUT2D eigenvalue weighted by atomic mass is 19.1. The molecule has 0 aliphatic rings. The zero-order chi connectivity index (χ0) is 19.9. The zero-order valence-corrected chi connectivity index (χ0v) is 15.3. The van der Waals surface area contributed by atoms with Gasteiger partial charge in [0.1, 0.15) is 5.82 Å². The summed E-state index contributed by atoms with van der Waals surface area (Å²) in [7, 11) is 2.84. The summed E-state index contributed by atoms with van der Waals surface area (Å²) in [6, 6.07) is 11.2. The molecule has 1 aromatic heterocycles. The predicted molar refractivity (Wildman–Crippen MR) is 100 cm³/mol. The van der Waals surface area contributed by atoms with Crippen molar-refractivity contribution in [1.82, 2.24) is 4.98 Å². The number of hydrogen-bond acceptors (Lipinski definition) is 6. The lowest BCUT2D eigenvalue weighted by Gasteiger charge is -2.10. The van der Waals surface area contributed by atoms with E-state index in [0.29, 0.717) is 23.1 Å². The molecule has 3 aromatic rings. The molecule has 1 heterocycles. The molecule has 0 amide bonds. The number of methoxy groups -OCH3 is 2. The Hall–Kier alpha value is -3.61. The van der Waals surface area contributed by atoms with Crippen molar-refractivity contribution >= 4 is 12.0 Å². The van der Waals surface area contributed by atoms with E-state index in [1.54, 1.807) is 42.6 Å². The molecule has 0 saturated heterocycles. The molecule has 0 aliphatic heterocycles. The highest BCUT2D eigenvalue weighted by molar-refractivity contribution is 5.87. The Morgan fingerprint density at radius 2 is 1.93 bits per heavy atom. The van der Waals surface area contributed by atoms with Crippen LogP contribution in [0.5, 0.6) is 11.5 Å². The monoisotopic (exact) mass is 383 g/mol. The second-order valence-electron chi connectivity index (χ2n) is 5.68. The second-order valence-corrected chi connectivity index (χ2v) is 5.68. The molecule has 144 valence electrons. The zero-order valence-electron chi connectivity index (χ0n) is 15.3. The first-order chi connectivity index (χ1) is 13.6. The minimum atomic E-state index is -0.444. The number of rotatable bonds is 7. The predicted octanol–water partition coefficient (Wildman–Crippen LogP) is 4.25. The minimum Gasteiger partial charge on any atom is -0.493 e. The molecular formula is C21H18FNO5. The van der Waals surface area contributed by atoms with E-state index in [2.05, 4.69) is 9.72 Å². The van der Waals surface area contributed by atoms with Crippen LogP contribution in [-0.2, 0) is 16.1 Å².